The summed E-state index contributed by atoms with van der Waals surface area (Å²) in [6, 6.07) is 54.0. The third-order valence-electron chi connectivity index (χ3n) is 8.69. The molecule has 0 unspecified atom stereocenters. The number of nitrogens with zero attached hydrogens (tertiary/aromatic N) is 2. The van der Waals surface area contributed by atoms with Crippen LogP contribution in [0.2, 0.25) is 0 Å². The lowest BCUT2D eigenvalue weighted by Crippen LogP contribution is -2.09. The van der Waals surface area contributed by atoms with Crippen LogP contribution in [0.4, 0.5) is 17.1 Å². The highest BCUT2D eigenvalue weighted by Gasteiger charge is 2.15. The number of pyridine rings is 1. The van der Waals surface area contributed by atoms with E-state index in [0.29, 0.717) is 5.71 Å². The monoisotopic (exact) mass is 562 g/mol. The highest BCUT2D eigenvalue weighted by atomic mass is 16.3. The summed E-state index contributed by atoms with van der Waals surface area (Å²) in [5.41, 5.74) is 7.01. The first-order valence-corrected chi connectivity index (χ1v) is 14.9. The Morgan fingerprint density at radius 1 is 0.409 bits per heavy atom. The van der Waals surface area contributed by atoms with E-state index in [4.69, 9.17) is 4.42 Å². The van der Waals surface area contributed by atoms with Gasteiger partial charge < -0.3 is 9.32 Å². The van der Waals surface area contributed by atoms with Crippen molar-refractivity contribution in [3.8, 4) is 11.1 Å². The molecule has 9 aromatic rings. The summed E-state index contributed by atoms with van der Waals surface area (Å²) in [4.78, 5) is 6.97. The Kier molecular flexibility index (Phi) is 5.50. The number of hydrogen-bond acceptors (Lipinski definition) is 3. The first-order valence-electron chi connectivity index (χ1n) is 14.9. The average Bonchev–Trinajstić information content (AvgIpc) is 3.47. The van der Waals surface area contributed by atoms with E-state index in [2.05, 4.69) is 143 Å². The molecule has 0 radical (unpaired) electrons. The molecule has 3 heteroatoms. The number of anilines is 3. The van der Waals surface area contributed by atoms with E-state index in [0.717, 1.165) is 44.5 Å². The molecule has 0 fully saturated rings. The largest absolute Gasteiger partial charge is 0.438 e. The van der Waals surface area contributed by atoms with Crippen molar-refractivity contribution in [2.75, 3.05) is 4.90 Å². The SMILES string of the molecule is c1ccc(N(c2ccc(-c3cnc4oc5ccccc5c4c3)cc2)c2ccc3ccc4c5ccccc5ccc4c3c2)cc1. The first-order chi connectivity index (χ1) is 21.8. The highest BCUT2D eigenvalue weighted by Crippen LogP contribution is 2.39. The molecule has 0 saturated carbocycles. The Morgan fingerprint density at radius 2 is 1.05 bits per heavy atom. The molecule has 2 heterocycles. The van der Waals surface area contributed by atoms with E-state index in [1.54, 1.807) is 0 Å². The molecule has 206 valence electrons. The van der Waals surface area contributed by atoms with Gasteiger partial charge in [-0.2, -0.15) is 0 Å². The molecule has 7 aromatic carbocycles. The summed E-state index contributed by atoms with van der Waals surface area (Å²) in [6.07, 6.45) is 1.90. The van der Waals surface area contributed by atoms with Crippen molar-refractivity contribution >= 4 is 71.4 Å². The normalized spacial score (nSPS) is 11.6. The molecule has 0 saturated heterocycles. The van der Waals surface area contributed by atoms with Crippen LogP contribution in [0, 0.1) is 0 Å². The minimum absolute atomic E-state index is 0.665. The molecule has 0 atom stereocenters. The minimum Gasteiger partial charge on any atom is -0.438 e. The molecular weight excluding hydrogens is 536 g/mol. The zero-order valence-corrected chi connectivity index (χ0v) is 23.8. The van der Waals surface area contributed by atoms with Crippen molar-refractivity contribution in [1.82, 2.24) is 4.98 Å². The van der Waals surface area contributed by atoms with E-state index < -0.39 is 0 Å². The fraction of sp³-hybridized carbons (Fsp3) is 0. The molecule has 0 aliphatic heterocycles. The number of hydrogen-bond donors (Lipinski definition) is 0. The molecule has 2 aromatic heterocycles. The predicted molar refractivity (Wildman–Crippen MR) is 184 cm³/mol. The topological polar surface area (TPSA) is 29.3 Å². The van der Waals surface area contributed by atoms with Crippen molar-refractivity contribution in [2.24, 2.45) is 0 Å². The molecular formula is C41H26N2O. The molecule has 0 bridgehead atoms. The number of furan rings is 1. The van der Waals surface area contributed by atoms with Gasteiger partial charge in [0, 0.05) is 39.6 Å². The lowest BCUT2D eigenvalue weighted by molar-refractivity contribution is 0.654. The average molecular weight is 563 g/mol. The Balaban J connectivity index is 1.17. The van der Waals surface area contributed by atoms with Gasteiger partial charge in [0.2, 0.25) is 5.71 Å². The lowest BCUT2D eigenvalue weighted by atomic mass is 9.96. The fourth-order valence-electron chi connectivity index (χ4n) is 6.54. The summed E-state index contributed by atoms with van der Waals surface area (Å²) in [7, 11) is 0. The molecule has 0 aliphatic rings. The van der Waals surface area contributed by atoms with Crippen LogP contribution >= 0.6 is 0 Å². The van der Waals surface area contributed by atoms with Crippen molar-refractivity contribution in [3.63, 3.8) is 0 Å². The van der Waals surface area contributed by atoms with Gasteiger partial charge in [-0.1, -0.05) is 103 Å². The van der Waals surface area contributed by atoms with Gasteiger partial charge in [-0.05, 0) is 86.4 Å². The van der Waals surface area contributed by atoms with E-state index in [1.807, 2.05) is 24.4 Å². The summed E-state index contributed by atoms with van der Waals surface area (Å²) >= 11 is 0. The molecule has 44 heavy (non-hydrogen) atoms. The van der Waals surface area contributed by atoms with E-state index in [-0.39, 0.29) is 0 Å². The number of benzene rings is 7. The van der Waals surface area contributed by atoms with Crippen LogP contribution in [-0.4, -0.2) is 4.98 Å². The second-order valence-electron chi connectivity index (χ2n) is 11.2. The van der Waals surface area contributed by atoms with Gasteiger partial charge in [-0.25, -0.2) is 4.98 Å². The van der Waals surface area contributed by atoms with Crippen LogP contribution in [0.3, 0.4) is 0 Å². The second kappa shape index (κ2) is 9.82. The van der Waals surface area contributed by atoms with Crippen LogP contribution in [0.15, 0.2) is 162 Å². The standard InChI is InChI=1S/C41H26N2O/c1-2-9-31(10-3-1)43(33-21-16-29-18-22-35-34-11-5-4-8-28(34)17-23-36(35)38(29)25-33)32-19-14-27(15-20-32)30-24-39-37-12-6-7-13-40(37)44-41(39)42-26-30/h1-26H. The lowest BCUT2D eigenvalue weighted by Gasteiger charge is -2.26. The second-order valence-corrected chi connectivity index (χ2v) is 11.2. The van der Waals surface area contributed by atoms with Crippen LogP contribution in [0.25, 0.3) is 65.5 Å². The minimum atomic E-state index is 0.665. The van der Waals surface area contributed by atoms with Gasteiger partial charge in [-0.3, -0.25) is 0 Å². The highest BCUT2D eigenvalue weighted by molar-refractivity contribution is 6.17. The Bertz CT molecular complexity index is 2490. The van der Waals surface area contributed by atoms with Crippen molar-refractivity contribution in [2.45, 2.75) is 0 Å². The Labute approximate surface area is 254 Å². The van der Waals surface area contributed by atoms with Gasteiger partial charge >= 0.3 is 0 Å². The Hall–Kier alpha value is -5.93. The summed E-state index contributed by atoms with van der Waals surface area (Å²) in [6.45, 7) is 0. The van der Waals surface area contributed by atoms with Gasteiger partial charge in [0.1, 0.15) is 5.58 Å². The number of rotatable bonds is 4. The van der Waals surface area contributed by atoms with Gasteiger partial charge in [0.05, 0.1) is 0 Å². The summed E-state index contributed by atoms with van der Waals surface area (Å²) in [5, 5.41) is 9.68. The van der Waals surface area contributed by atoms with E-state index >= 15 is 0 Å². The molecule has 0 spiro atoms. The van der Waals surface area contributed by atoms with E-state index in [1.165, 1.54) is 32.3 Å². The predicted octanol–water partition coefficient (Wildman–Crippen LogP) is 11.6. The maximum absolute atomic E-state index is 5.95. The van der Waals surface area contributed by atoms with Crippen LogP contribution < -0.4 is 4.90 Å². The zero-order valence-electron chi connectivity index (χ0n) is 23.8. The quantitative estimate of drug-likeness (QED) is 0.200. The van der Waals surface area contributed by atoms with Crippen molar-refractivity contribution in [1.29, 1.82) is 0 Å². The number of para-hydroxylation sites is 2. The third kappa shape index (κ3) is 3.94. The summed E-state index contributed by atoms with van der Waals surface area (Å²) < 4.78 is 5.95. The van der Waals surface area contributed by atoms with Crippen molar-refractivity contribution < 1.29 is 4.42 Å². The zero-order chi connectivity index (χ0) is 29.0. The first kappa shape index (κ1) is 24.6. The van der Waals surface area contributed by atoms with Gasteiger partial charge in [0.25, 0.3) is 0 Å². The number of fused-ring (bicyclic) bond motifs is 8. The van der Waals surface area contributed by atoms with Crippen LogP contribution in [0.5, 0.6) is 0 Å². The molecule has 0 aliphatic carbocycles. The van der Waals surface area contributed by atoms with Crippen molar-refractivity contribution in [3.05, 3.63) is 158 Å². The van der Waals surface area contributed by atoms with Crippen LogP contribution in [-0.2, 0) is 0 Å². The molecule has 3 nitrogen and oxygen atoms in total. The molecule has 9 rings (SSSR count). The molecule has 0 amide bonds. The van der Waals surface area contributed by atoms with Gasteiger partial charge in [0.15, 0.2) is 0 Å². The van der Waals surface area contributed by atoms with Crippen LogP contribution in [0.1, 0.15) is 0 Å². The fourth-order valence-corrected chi connectivity index (χ4v) is 6.54. The maximum atomic E-state index is 5.95. The number of aromatic nitrogens is 1. The van der Waals surface area contributed by atoms with Gasteiger partial charge in [-0.15, -0.1) is 0 Å². The smallest absolute Gasteiger partial charge is 0.227 e. The summed E-state index contributed by atoms with van der Waals surface area (Å²) in [5.74, 6) is 0. The Morgan fingerprint density at radius 3 is 1.89 bits per heavy atom. The third-order valence-corrected chi connectivity index (χ3v) is 8.69. The molecule has 0 N–H and O–H groups in total. The van der Waals surface area contributed by atoms with E-state index in [9.17, 15) is 0 Å². The maximum Gasteiger partial charge on any atom is 0.227 e.